The summed E-state index contributed by atoms with van der Waals surface area (Å²) in [5, 5.41) is 14.5. The highest BCUT2D eigenvalue weighted by atomic mass is 16.6. The number of hydrogen-bond acceptors (Lipinski definition) is 6. The van der Waals surface area contributed by atoms with Gasteiger partial charge in [0.1, 0.15) is 5.75 Å². The smallest absolute Gasteiger partial charge is 0.524 e. The van der Waals surface area contributed by atoms with Gasteiger partial charge in [-0.1, -0.05) is 32.0 Å². The van der Waals surface area contributed by atoms with Gasteiger partial charge < -0.3 is 19.9 Å². The van der Waals surface area contributed by atoms with Crippen LogP contribution in [0.1, 0.15) is 52.1 Å². The lowest BCUT2D eigenvalue weighted by Crippen LogP contribution is -2.55. The molecular weight excluding hydrogens is 409 g/mol. The molecule has 1 aliphatic heterocycles. The molecule has 2 amide bonds. The Morgan fingerprint density at radius 3 is 2.62 bits per heavy atom. The number of carbonyl (C=O) groups excluding carboxylic acids is 3. The van der Waals surface area contributed by atoms with Crippen molar-refractivity contribution in [2.45, 2.75) is 33.1 Å². The number of nitrogens with one attached hydrogen (secondary N) is 2. The number of benzene rings is 2. The first-order valence-electron chi connectivity index (χ1n) is 10.3. The minimum Gasteiger partial charge on any atom is -0.524 e. The Hall–Kier alpha value is -3.80. The van der Waals surface area contributed by atoms with Gasteiger partial charge in [0.25, 0.3) is 5.91 Å². The van der Waals surface area contributed by atoms with Gasteiger partial charge in [0, 0.05) is 0 Å². The number of nitrogens with zero attached hydrogens (tertiary/aromatic N) is 1. The van der Waals surface area contributed by atoms with Crippen molar-refractivity contribution >= 4 is 24.9 Å². The Morgan fingerprint density at radius 1 is 1.16 bits per heavy atom. The molecule has 2 N–H and O–H groups in total. The van der Waals surface area contributed by atoms with Crippen molar-refractivity contribution in [1.82, 2.24) is 10.6 Å². The average Bonchev–Trinajstić information content (AvgIpc) is 2.76. The van der Waals surface area contributed by atoms with Gasteiger partial charge in [-0.2, -0.15) is 5.26 Å². The largest absolute Gasteiger partial charge is 0.620 e. The highest BCUT2D eigenvalue weighted by molar-refractivity contribution is 6.51. The molecule has 0 bridgehead atoms. The summed E-state index contributed by atoms with van der Waals surface area (Å²) in [4.78, 5) is 37.3. The summed E-state index contributed by atoms with van der Waals surface area (Å²) in [6.45, 7) is 5.54. The molecule has 2 aromatic carbocycles. The van der Waals surface area contributed by atoms with E-state index < -0.39 is 30.8 Å². The predicted molar refractivity (Wildman–Crippen MR) is 118 cm³/mol. The molecule has 9 heteroatoms. The van der Waals surface area contributed by atoms with Gasteiger partial charge in [0.05, 0.1) is 35.2 Å². The van der Waals surface area contributed by atoms with Gasteiger partial charge >= 0.3 is 13.1 Å². The molecule has 8 nitrogen and oxygen atoms in total. The van der Waals surface area contributed by atoms with Crippen LogP contribution in [0.5, 0.6) is 5.75 Å². The van der Waals surface area contributed by atoms with E-state index in [0.717, 1.165) is 5.56 Å². The van der Waals surface area contributed by atoms with Crippen molar-refractivity contribution < 1.29 is 23.7 Å². The Bertz CT molecular complexity index is 1080. The number of carbonyl (C=O) groups is 3. The topological polar surface area (TPSA) is 118 Å². The molecule has 3 rings (SSSR count). The van der Waals surface area contributed by atoms with E-state index in [1.807, 2.05) is 26.8 Å². The highest BCUT2D eigenvalue weighted by Crippen LogP contribution is 2.27. The Balaban J connectivity index is 1.67. The minimum atomic E-state index is -0.988. The first kappa shape index (κ1) is 22.9. The second-order valence-corrected chi connectivity index (χ2v) is 8.03. The molecule has 0 radical (unpaired) electrons. The van der Waals surface area contributed by atoms with Gasteiger partial charge in [0.15, 0.2) is 0 Å². The number of aryl methyl sites for hydroxylation is 1. The first-order valence-corrected chi connectivity index (χ1v) is 10.3. The summed E-state index contributed by atoms with van der Waals surface area (Å²) in [6.07, 6.45) is 0.496. The maximum atomic E-state index is 12.6. The molecule has 0 saturated heterocycles. The minimum absolute atomic E-state index is 0.179. The van der Waals surface area contributed by atoms with Crippen LogP contribution in [-0.2, 0) is 9.45 Å². The summed E-state index contributed by atoms with van der Waals surface area (Å²) in [7, 11) is -0.988. The lowest BCUT2D eigenvalue weighted by molar-refractivity contribution is -0.120. The lowest BCUT2D eigenvalue weighted by Gasteiger charge is -2.29. The van der Waals surface area contributed by atoms with Gasteiger partial charge in [-0.15, -0.1) is 0 Å². The van der Waals surface area contributed by atoms with Crippen molar-refractivity contribution in [3.05, 3.63) is 64.7 Å². The highest BCUT2D eigenvalue weighted by Gasteiger charge is 2.42. The third-order valence-electron chi connectivity index (χ3n) is 4.93. The Morgan fingerprint density at radius 2 is 1.91 bits per heavy atom. The normalized spacial score (nSPS) is 13.3. The second-order valence-electron chi connectivity index (χ2n) is 8.03. The van der Waals surface area contributed by atoms with Gasteiger partial charge in [-0.3, -0.25) is 9.59 Å². The molecule has 0 spiro atoms. The molecular formula is C23H24BN3O5. The SMILES string of the molecule is Cc1ccc2c(c1)OB([C@H](CC(C)C)NC(=O)CNC(=O)c1ccccc1C#N)OC2=O. The van der Waals surface area contributed by atoms with Crippen LogP contribution in [-0.4, -0.2) is 37.4 Å². The predicted octanol–water partition coefficient (Wildman–Crippen LogP) is 2.40. The molecule has 0 fully saturated rings. The van der Waals surface area contributed by atoms with Crippen molar-refractivity contribution in [3.8, 4) is 11.8 Å². The molecule has 2 aromatic rings. The number of fused-ring (bicyclic) bond motifs is 1. The second kappa shape index (κ2) is 10.0. The first-order chi connectivity index (χ1) is 15.3. The maximum absolute atomic E-state index is 12.6. The zero-order valence-corrected chi connectivity index (χ0v) is 18.2. The number of hydrogen-bond donors (Lipinski definition) is 2. The maximum Gasteiger partial charge on any atom is 0.620 e. The Kier molecular flexibility index (Phi) is 7.16. The third-order valence-corrected chi connectivity index (χ3v) is 4.93. The molecule has 1 aliphatic rings. The summed E-state index contributed by atoms with van der Waals surface area (Å²) in [5.41, 5.74) is 1.68. The standard InChI is InChI=1S/C23H24BN3O5/c1-14(2)10-20(24-31-19-11-15(3)8-9-18(19)23(30)32-24)27-21(28)13-26-22(29)17-7-5-4-6-16(17)12-25/h4-9,11,14,20H,10,13H2,1-3H3,(H,26,29)(H,27,28)/t20-/m0/s1. The molecule has 1 heterocycles. The fraction of sp³-hybridized carbons (Fsp3) is 0.304. The average molecular weight is 433 g/mol. The zero-order valence-electron chi connectivity index (χ0n) is 18.2. The van der Waals surface area contributed by atoms with Crippen LogP contribution in [0.25, 0.3) is 0 Å². The van der Waals surface area contributed by atoms with Gasteiger partial charge in [-0.25, -0.2) is 4.79 Å². The van der Waals surface area contributed by atoms with Crippen molar-refractivity contribution in [2.75, 3.05) is 6.54 Å². The summed E-state index contributed by atoms with van der Waals surface area (Å²) < 4.78 is 11.3. The summed E-state index contributed by atoms with van der Waals surface area (Å²) in [5.74, 6) is -1.52. The van der Waals surface area contributed by atoms with E-state index in [9.17, 15) is 14.4 Å². The van der Waals surface area contributed by atoms with Gasteiger partial charge in [-0.05, 0) is 49.1 Å². The zero-order chi connectivity index (χ0) is 23.3. The van der Waals surface area contributed by atoms with E-state index in [-0.39, 0.29) is 23.6 Å². The van der Waals surface area contributed by atoms with E-state index in [2.05, 4.69) is 10.6 Å². The number of nitriles is 1. The number of amides is 2. The van der Waals surface area contributed by atoms with Crippen molar-refractivity contribution in [1.29, 1.82) is 5.26 Å². The quantitative estimate of drug-likeness (QED) is 0.648. The molecule has 32 heavy (non-hydrogen) atoms. The molecule has 0 unspecified atom stereocenters. The van der Waals surface area contributed by atoms with E-state index in [1.54, 1.807) is 30.3 Å². The Labute approximate surface area is 187 Å². The molecule has 164 valence electrons. The monoisotopic (exact) mass is 433 g/mol. The van der Waals surface area contributed by atoms with Crippen LogP contribution < -0.4 is 15.3 Å². The van der Waals surface area contributed by atoms with E-state index in [4.69, 9.17) is 14.6 Å². The van der Waals surface area contributed by atoms with Crippen LogP contribution in [0.15, 0.2) is 42.5 Å². The molecule has 1 atom stereocenters. The van der Waals surface area contributed by atoms with Crippen LogP contribution in [0.4, 0.5) is 0 Å². The van der Waals surface area contributed by atoms with Crippen molar-refractivity contribution in [3.63, 3.8) is 0 Å². The fourth-order valence-electron chi connectivity index (χ4n) is 3.42. The van der Waals surface area contributed by atoms with E-state index >= 15 is 0 Å². The molecule has 0 saturated carbocycles. The van der Waals surface area contributed by atoms with E-state index in [0.29, 0.717) is 17.7 Å². The van der Waals surface area contributed by atoms with Crippen molar-refractivity contribution in [2.24, 2.45) is 5.92 Å². The van der Waals surface area contributed by atoms with Crippen LogP contribution in [0.3, 0.4) is 0 Å². The van der Waals surface area contributed by atoms with Crippen LogP contribution in [0.2, 0.25) is 0 Å². The van der Waals surface area contributed by atoms with Gasteiger partial charge in [0.2, 0.25) is 5.91 Å². The van der Waals surface area contributed by atoms with Crippen LogP contribution in [0, 0.1) is 24.2 Å². The lowest BCUT2D eigenvalue weighted by atomic mass is 9.72. The van der Waals surface area contributed by atoms with Crippen LogP contribution >= 0.6 is 0 Å². The number of rotatable bonds is 7. The molecule has 0 aromatic heterocycles. The molecule has 0 aliphatic carbocycles. The summed E-state index contributed by atoms with van der Waals surface area (Å²) in [6, 6.07) is 13.5. The third kappa shape index (κ3) is 5.46. The summed E-state index contributed by atoms with van der Waals surface area (Å²) >= 11 is 0. The van der Waals surface area contributed by atoms with E-state index in [1.165, 1.54) is 12.1 Å². The fourth-order valence-corrected chi connectivity index (χ4v) is 3.42.